The number of nitrogens with zero attached hydrogens (tertiary/aromatic N) is 3. The Morgan fingerprint density at radius 3 is 1.94 bits per heavy atom. The number of likely N-dealkylation sites (tertiary alicyclic amines) is 1. The van der Waals surface area contributed by atoms with E-state index in [0.29, 0.717) is 19.4 Å². The number of carbonyl (C=O) groups excluding carboxylic acids is 4. The summed E-state index contributed by atoms with van der Waals surface area (Å²) in [5.74, 6) is -3.12. The van der Waals surface area contributed by atoms with Crippen LogP contribution in [0.25, 0.3) is 0 Å². The molecule has 1 aliphatic rings. The highest BCUT2D eigenvalue weighted by molar-refractivity contribution is 5.90. The molecule has 0 saturated carbocycles. The van der Waals surface area contributed by atoms with E-state index >= 15 is 0 Å². The largest absolute Gasteiger partial charge is 0.480 e. The van der Waals surface area contributed by atoms with Crippen LogP contribution in [-0.2, 0) is 39.9 Å². The number of amides is 4. The summed E-state index contributed by atoms with van der Waals surface area (Å²) in [7, 11) is 6.82. The van der Waals surface area contributed by atoms with Gasteiger partial charge in [-0.1, -0.05) is 144 Å². The van der Waals surface area contributed by atoms with Gasteiger partial charge in [-0.25, -0.2) is 4.79 Å². The number of rotatable bonds is 31. The number of benzene rings is 1. The van der Waals surface area contributed by atoms with Crippen molar-refractivity contribution in [3.05, 3.63) is 35.9 Å². The average molecular weight is 886 g/mol. The van der Waals surface area contributed by atoms with Crippen LogP contribution < -0.4 is 10.6 Å². The lowest BCUT2D eigenvalue weighted by atomic mass is 9.89. The highest BCUT2D eigenvalue weighted by atomic mass is 16.5. The van der Waals surface area contributed by atoms with Crippen molar-refractivity contribution in [1.82, 2.24) is 25.3 Å². The first-order chi connectivity index (χ1) is 29.9. The first-order valence-corrected chi connectivity index (χ1v) is 24.1. The van der Waals surface area contributed by atoms with E-state index in [1.54, 1.807) is 30.9 Å². The van der Waals surface area contributed by atoms with Crippen LogP contribution in [-0.4, -0.2) is 133 Å². The van der Waals surface area contributed by atoms with Crippen molar-refractivity contribution in [2.45, 2.75) is 188 Å². The van der Waals surface area contributed by atoms with Crippen LogP contribution in [0.4, 0.5) is 0 Å². The van der Waals surface area contributed by atoms with Gasteiger partial charge in [0.1, 0.15) is 12.1 Å². The van der Waals surface area contributed by atoms with Crippen LogP contribution in [0, 0.1) is 23.7 Å². The molecule has 0 radical (unpaired) electrons. The molecule has 1 heterocycles. The monoisotopic (exact) mass is 886 g/mol. The first kappa shape index (κ1) is 55.6. The normalized spacial score (nSPS) is 18.1. The second-order valence-corrected chi connectivity index (χ2v) is 18.9. The van der Waals surface area contributed by atoms with Crippen molar-refractivity contribution >= 4 is 29.6 Å². The van der Waals surface area contributed by atoms with Crippen LogP contribution in [0.2, 0.25) is 0 Å². The van der Waals surface area contributed by atoms with Crippen molar-refractivity contribution in [2.75, 3.05) is 41.4 Å². The molecular weight excluding hydrogens is 799 g/mol. The van der Waals surface area contributed by atoms with Gasteiger partial charge in [0.05, 0.1) is 42.7 Å². The van der Waals surface area contributed by atoms with Gasteiger partial charge in [0.25, 0.3) is 0 Å². The van der Waals surface area contributed by atoms with E-state index < -0.39 is 54.2 Å². The molecule has 0 aliphatic carbocycles. The Balaban J connectivity index is 2.18. The Morgan fingerprint density at radius 2 is 1.41 bits per heavy atom. The van der Waals surface area contributed by atoms with E-state index in [-0.39, 0.29) is 54.4 Å². The van der Waals surface area contributed by atoms with Gasteiger partial charge in [-0.05, 0) is 56.2 Å². The van der Waals surface area contributed by atoms with Gasteiger partial charge in [-0.2, -0.15) is 0 Å². The number of ether oxygens (including phenoxy) is 2. The van der Waals surface area contributed by atoms with Gasteiger partial charge in [-0.3, -0.25) is 24.1 Å². The van der Waals surface area contributed by atoms with Crippen LogP contribution in [0.3, 0.4) is 0 Å². The van der Waals surface area contributed by atoms with Gasteiger partial charge in [-0.15, -0.1) is 0 Å². The molecule has 1 fully saturated rings. The summed E-state index contributed by atoms with van der Waals surface area (Å²) in [4.78, 5) is 74.3. The minimum Gasteiger partial charge on any atom is -0.480 e. The molecule has 0 bridgehead atoms. The van der Waals surface area contributed by atoms with E-state index in [0.717, 1.165) is 31.4 Å². The fraction of sp³-hybridized carbons (Fsp3) is 0.780. The van der Waals surface area contributed by atoms with Gasteiger partial charge >= 0.3 is 5.97 Å². The standard InChI is InChI=1S/C50H87N5O8/c1-13-15-16-17-18-19-20-21-25-30-53(9)44(35(5)6)48(58)52-43(34(3)4)49(59)54(10)45(36(7)14-2)41(62-11)33-42(56)55-31-26-29-40(55)46(63-12)37(8)47(57)51-39(50(60)61)32-38-27-23-22-24-28-38/h22-24,27-28,34-37,39-41,43-46H,13-21,25-26,29-33H2,1-12H3,(H,51,57)(H,52,58)(H,60,61)/t36-,37+,39-,40-,41+,43-,44-,45-,46+/m0/s1. The number of methoxy groups -OCH3 is 2. The first-order valence-electron chi connectivity index (χ1n) is 24.1. The third-order valence-corrected chi connectivity index (χ3v) is 13.4. The highest BCUT2D eigenvalue weighted by Gasteiger charge is 2.43. The number of carbonyl (C=O) groups is 5. The summed E-state index contributed by atoms with van der Waals surface area (Å²) >= 11 is 0. The molecule has 0 unspecified atom stereocenters. The average Bonchev–Trinajstić information content (AvgIpc) is 3.74. The Morgan fingerprint density at radius 1 is 0.810 bits per heavy atom. The predicted octanol–water partition coefficient (Wildman–Crippen LogP) is 7.35. The molecule has 3 N–H and O–H groups in total. The highest BCUT2D eigenvalue weighted by Crippen LogP contribution is 2.30. The lowest BCUT2D eigenvalue weighted by molar-refractivity contribution is -0.148. The molecule has 13 heteroatoms. The fourth-order valence-corrected chi connectivity index (χ4v) is 9.45. The van der Waals surface area contributed by atoms with Crippen molar-refractivity contribution in [3.8, 4) is 0 Å². The third-order valence-electron chi connectivity index (χ3n) is 13.4. The molecule has 2 rings (SSSR count). The minimum absolute atomic E-state index is 0.00736. The maximum Gasteiger partial charge on any atom is 0.326 e. The predicted molar refractivity (Wildman–Crippen MR) is 251 cm³/mol. The van der Waals surface area contributed by atoms with Gasteiger partial charge in [0.15, 0.2) is 0 Å². The molecule has 1 saturated heterocycles. The van der Waals surface area contributed by atoms with Crippen LogP contribution in [0.1, 0.15) is 144 Å². The molecule has 13 nitrogen and oxygen atoms in total. The number of unbranched alkanes of at least 4 members (excludes halogenated alkanes) is 8. The van der Waals surface area contributed by atoms with E-state index in [9.17, 15) is 29.1 Å². The van der Waals surface area contributed by atoms with Gasteiger partial charge in [0, 0.05) is 34.2 Å². The summed E-state index contributed by atoms with van der Waals surface area (Å²) in [5.41, 5.74) is 0.788. The molecule has 63 heavy (non-hydrogen) atoms. The zero-order valence-corrected chi connectivity index (χ0v) is 41.2. The summed E-state index contributed by atoms with van der Waals surface area (Å²) in [5, 5.41) is 15.8. The molecule has 1 aromatic rings. The Bertz CT molecular complexity index is 1510. The van der Waals surface area contributed by atoms with Crippen LogP contribution in [0.5, 0.6) is 0 Å². The topological polar surface area (TPSA) is 158 Å². The maximum atomic E-state index is 14.6. The van der Waals surface area contributed by atoms with Crippen molar-refractivity contribution < 1.29 is 38.6 Å². The smallest absolute Gasteiger partial charge is 0.326 e. The number of hydrogen-bond donors (Lipinski definition) is 3. The number of nitrogens with one attached hydrogen (secondary N) is 2. The van der Waals surface area contributed by atoms with E-state index in [4.69, 9.17) is 9.47 Å². The van der Waals surface area contributed by atoms with Crippen molar-refractivity contribution in [2.24, 2.45) is 23.7 Å². The Kier molecular flexibility index (Phi) is 25.7. The van der Waals surface area contributed by atoms with Crippen LogP contribution in [0.15, 0.2) is 30.3 Å². The number of carboxylic acids is 1. The zero-order valence-electron chi connectivity index (χ0n) is 41.2. The van der Waals surface area contributed by atoms with Crippen molar-refractivity contribution in [3.63, 3.8) is 0 Å². The lowest BCUT2D eigenvalue weighted by Crippen LogP contribution is -2.60. The number of carboxylic acid groups (broad SMARTS) is 1. The molecular formula is C50H87N5O8. The number of likely N-dealkylation sites (N-methyl/N-ethyl adjacent to an activating group) is 2. The van der Waals surface area contributed by atoms with Gasteiger partial charge in [0.2, 0.25) is 23.6 Å². The van der Waals surface area contributed by atoms with Crippen molar-refractivity contribution in [1.29, 1.82) is 0 Å². The van der Waals surface area contributed by atoms with Crippen LogP contribution >= 0.6 is 0 Å². The molecule has 360 valence electrons. The van der Waals surface area contributed by atoms with E-state index in [1.165, 1.54) is 52.1 Å². The minimum atomic E-state index is -1.13. The maximum absolute atomic E-state index is 14.6. The third kappa shape index (κ3) is 17.4. The lowest BCUT2D eigenvalue weighted by Gasteiger charge is -2.41. The number of aliphatic carboxylic acids is 1. The van der Waals surface area contributed by atoms with Gasteiger partial charge < -0.3 is 35.0 Å². The summed E-state index contributed by atoms with van der Waals surface area (Å²) in [6.07, 6.45) is 11.9. The SMILES string of the molecule is CCCCCCCCCCCN(C)[C@H](C(=O)N[C@H](C(=O)N(C)[C@@H]([C@@H](C)CC)[C@@H](CC(=O)N1CCC[C@H]1[C@H](OC)[C@@H](C)C(=O)N[C@@H](Cc1ccccc1)C(=O)O)OC)C(C)C)C(C)C. The van der Waals surface area contributed by atoms with E-state index in [1.807, 2.05) is 78.9 Å². The summed E-state index contributed by atoms with van der Waals surface area (Å²) in [6.45, 7) is 17.3. The quantitative estimate of drug-likeness (QED) is 0.0649. The molecule has 0 spiro atoms. The summed E-state index contributed by atoms with van der Waals surface area (Å²) < 4.78 is 12.0. The molecule has 0 aromatic heterocycles. The Hall–Kier alpha value is -3.55. The summed E-state index contributed by atoms with van der Waals surface area (Å²) in [6, 6.07) is 5.93. The zero-order chi connectivity index (χ0) is 47.2. The number of hydrogen-bond acceptors (Lipinski definition) is 8. The fourth-order valence-electron chi connectivity index (χ4n) is 9.45. The second-order valence-electron chi connectivity index (χ2n) is 18.9. The molecule has 1 aromatic carbocycles. The molecule has 9 atom stereocenters. The Labute approximate surface area is 381 Å². The molecule has 4 amide bonds. The second kappa shape index (κ2) is 29.1. The molecule has 1 aliphatic heterocycles. The van der Waals surface area contributed by atoms with E-state index in [2.05, 4.69) is 22.5 Å².